The number of aromatic nitrogens is 1. The molecular formula is C22H21F3N2O. The Kier molecular flexibility index (Phi) is 5.00. The van der Waals surface area contributed by atoms with Crippen molar-refractivity contribution in [3.8, 4) is 5.69 Å². The average molecular weight is 386 g/mol. The molecule has 0 N–H and O–H groups in total. The Morgan fingerprint density at radius 3 is 2.68 bits per heavy atom. The first-order valence-corrected chi connectivity index (χ1v) is 9.17. The van der Waals surface area contributed by atoms with Gasteiger partial charge in [0, 0.05) is 31.0 Å². The number of hydrogen-bond acceptors (Lipinski definition) is 2. The smallest absolute Gasteiger partial charge is 0.357 e. The van der Waals surface area contributed by atoms with Gasteiger partial charge >= 0.3 is 6.18 Å². The summed E-state index contributed by atoms with van der Waals surface area (Å²) in [7, 11) is 0. The molecule has 4 rings (SSSR count). The number of nitrogens with zero attached hydrogens (tertiary/aromatic N) is 2. The minimum Gasteiger partial charge on any atom is -0.357 e. The minimum atomic E-state index is -4.40. The fourth-order valence-electron chi connectivity index (χ4n) is 3.67. The van der Waals surface area contributed by atoms with Crippen LogP contribution in [0.2, 0.25) is 0 Å². The van der Waals surface area contributed by atoms with Gasteiger partial charge in [-0.25, -0.2) is 0 Å². The van der Waals surface area contributed by atoms with E-state index < -0.39 is 11.7 Å². The highest BCUT2D eigenvalue weighted by Gasteiger charge is 2.34. The quantitative estimate of drug-likeness (QED) is 0.603. The van der Waals surface area contributed by atoms with Crippen molar-refractivity contribution in [2.75, 3.05) is 13.2 Å². The Bertz CT molecular complexity index is 964. The van der Waals surface area contributed by atoms with Crippen molar-refractivity contribution < 1.29 is 17.9 Å². The lowest BCUT2D eigenvalue weighted by Crippen LogP contribution is -2.23. The number of benzene rings is 2. The fourth-order valence-corrected chi connectivity index (χ4v) is 3.67. The molecule has 0 radical (unpaired) electrons. The number of rotatable bonds is 4. The molecule has 0 bridgehead atoms. The van der Waals surface area contributed by atoms with Gasteiger partial charge in [-0.15, -0.1) is 0 Å². The van der Waals surface area contributed by atoms with Crippen LogP contribution in [0.3, 0.4) is 0 Å². The summed E-state index contributed by atoms with van der Waals surface area (Å²) in [6.07, 6.45) is -1.28. The zero-order chi connectivity index (χ0) is 19.7. The van der Waals surface area contributed by atoms with Crippen molar-refractivity contribution >= 4 is 0 Å². The molecule has 1 fully saturated rings. The lowest BCUT2D eigenvalue weighted by Gasteiger charge is -2.22. The first-order chi connectivity index (χ1) is 13.4. The molecule has 0 aliphatic carbocycles. The fraction of sp³-hybridized carbons (Fsp3) is 0.273. The van der Waals surface area contributed by atoms with E-state index in [1.54, 1.807) is 18.5 Å². The van der Waals surface area contributed by atoms with Gasteiger partial charge in [0.15, 0.2) is 0 Å². The van der Waals surface area contributed by atoms with Crippen LogP contribution in [0.15, 0.2) is 67.0 Å². The summed E-state index contributed by atoms with van der Waals surface area (Å²) in [5, 5.41) is 0. The van der Waals surface area contributed by atoms with Crippen LogP contribution in [0.1, 0.15) is 28.5 Å². The number of ether oxygens (including phenoxy) is 1. The lowest BCUT2D eigenvalue weighted by atomic mass is 10.1. The molecule has 146 valence electrons. The Balaban J connectivity index is 1.59. The number of hydrogen-bond donors (Lipinski definition) is 0. The van der Waals surface area contributed by atoms with Crippen LogP contribution in [0.4, 0.5) is 13.2 Å². The van der Waals surface area contributed by atoms with Crippen molar-refractivity contribution in [3.63, 3.8) is 0 Å². The maximum atomic E-state index is 13.3. The van der Waals surface area contributed by atoms with Gasteiger partial charge in [-0.2, -0.15) is 13.2 Å². The van der Waals surface area contributed by atoms with E-state index in [1.807, 2.05) is 12.1 Å². The van der Waals surface area contributed by atoms with Crippen molar-refractivity contribution in [3.05, 3.63) is 89.2 Å². The average Bonchev–Trinajstić information content (AvgIpc) is 3.30. The number of alkyl halides is 3. The summed E-state index contributed by atoms with van der Waals surface area (Å²) in [6, 6.07) is 15.7. The third-order valence-electron chi connectivity index (χ3n) is 4.94. The van der Waals surface area contributed by atoms with Crippen LogP contribution in [-0.4, -0.2) is 22.6 Å². The molecule has 0 saturated carbocycles. The van der Waals surface area contributed by atoms with Crippen LogP contribution in [0, 0.1) is 6.92 Å². The van der Waals surface area contributed by atoms with Crippen molar-refractivity contribution in [1.29, 1.82) is 0 Å². The van der Waals surface area contributed by atoms with Crippen LogP contribution in [-0.2, 0) is 17.5 Å². The molecule has 3 aromatic rings. The monoisotopic (exact) mass is 386 g/mol. The Hall–Kier alpha value is -2.57. The Labute approximate surface area is 162 Å². The molecule has 1 saturated heterocycles. The molecule has 6 heteroatoms. The van der Waals surface area contributed by atoms with Gasteiger partial charge in [0.05, 0.1) is 17.9 Å². The van der Waals surface area contributed by atoms with E-state index in [1.165, 1.54) is 27.8 Å². The summed E-state index contributed by atoms with van der Waals surface area (Å²) in [4.78, 5) is 2.20. The second-order valence-corrected chi connectivity index (χ2v) is 7.05. The predicted octanol–water partition coefficient (Wildman–Crippen LogP) is 5.34. The van der Waals surface area contributed by atoms with Gasteiger partial charge in [-0.1, -0.05) is 42.0 Å². The van der Waals surface area contributed by atoms with Gasteiger partial charge in [-0.3, -0.25) is 4.90 Å². The number of para-hydroxylation sites is 1. The maximum Gasteiger partial charge on any atom is 0.418 e. The molecule has 1 aliphatic rings. The van der Waals surface area contributed by atoms with E-state index in [0.29, 0.717) is 6.61 Å². The normalized spacial score (nSPS) is 17.9. The highest BCUT2D eigenvalue weighted by molar-refractivity contribution is 5.44. The maximum absolute atomic E-state index is 13.3. The summed E-state index contributed by atoms with van der Waals surface area (Å²) in [5.41, 5.74) is 2.70. The molecule has 0 unspecified atom stereocenters. The van der Waals surface area contributed by atoms with Crippen LogP contribution in [0.25, 0.3) is 5.69 Å². The topological polar surface area (TPSA) is 17.4 Å². The van der Waals surface area contributed by atoms with Crippen molar-refractivity contribution in [2.45, 2.75) is 25.9 Å². The number of aryl methyl sites for hydroxylation is 1. The second-order valence-electron chi connectivity index (χ2n) is 7.05. The second kappa shape index (κ2) is 7.45. The molecule has 1 aromatic heterocycles. The standard InChI is InChI=1S/C22H21F3N2O/c1-16-5-4-6-17(13-16)14-27-11-12-28-21(27)18-9-10-26(15-18)20-8-3-2-7-19(20)22(23,24)25/h2-10,13,15,21H,11-12,14H2,1H3/t21-/m1/s1. The van der Waals surface area contributed by atoms with E-state index in [0.717, 1.165) is 24.7 Å². The molecule has 28 heavy (non-hydrogen) atoms. The largest absolute Gasteiger partial charge is 0.418 e. The molecule has 0 spiro atoms. The molecule has 1 aliphatic heterocycles. The molecular weight excluding hydrogens is 365 g/mol. The highest BCUT2D eigenvalue weighted by atomic mass is 19.4. The number of halogens is 3. The van der Waals surface area contributed by atoms with Crippen molar-refractivity contribution in [2.24, 2.45) is 0 Å². The van der Waals surface area contributed by atoms with Gasteiger partial charge < -0.3 is 9.30 Å². The van der Waals surface area contributed by atoms with Crippen LogP contribution < -0.4 is 0 Å². The van der Waals surface area contributed by atoms with E-state index >= 15 is 0 Å². The minimum absolute atomic E-state index is 0.115. The predicted molar refractivity (Wildman–Crippen MR) is 101 cm³/mol. The summed E-state index contributed by atoms with van der Waals surface area (Å²) < 4.78 is 47.4. The van der Waals surface area contributed by atoms with Crippen LogP contribution in [0.5, 0.6) is 0 Å². The SMILES string of the molecule is Cc1cccc(CN2CCO[C@@H]2c2ccn(-c3ccccc3C(F)(F)F)c2)c1. The zero-order valence-electron chi connectivity index (χ0n) is 15.5. The van der Waals surface area contributed by atoms with E-state index in [-0.39, 0.29) is 11.9 Å². The zero-order valence-corrected chi connectivity index (χ0v) is 15.5. The van der Waals surface area contributed by atoms with E-state index in [9.17, 15) is 13.2 Å². The lowest BCUT2D eigenvalue weighted by molar-refractivity contribution is -0.137. The first kappa shape index (κ1) is 18.8. The van der Waals surface area contributed by atoms with Gasteiger partial charge in [0.2, 0.25) is 0 Å². The Morgan fingerprint density at radius 1 is 1.07 bits per heavy atom. The molecule has 1 atom stereocenters. The highest BCUT2D eigenvalue weighted by Crippen LogP contribution is 2.35. The summed E-state index contributed by atoms with van der Waals surface area (Å²) in [6.45, 7) is 4.17. The van der Waals surface area contributed by atoms with Crippen LogP contribution >= 0.6 is 0 Å². The molecule has 3 nitrogen and oxygen atoms in total. The van der Waals surface area contributed by atoms with Gasteiger partial charge in [-0.05, 0) is 30.7 Å². The molecule has 2 aromatic carbocycles. The molecule has 0 amide bonds. The summed E-state index contributed by atoms with van der Waals surface area (Å²) in [5.74, 6) is 0. The van der Waals surface area contributed by atoms with Gasteiger partial charge in [0.1, 0.15) is 6.23 Å². The molecule has 2 heterocycles. The van der Waals surface area contributed by atoms with Gasteiger partial charge in [0.25, 0.3) is 0 Å². The third kappa shape index (κ3) is 3.84. The van der Waals surface area contributed by atoms with E-state index in [4.69, 9.17) is 4.74 Å². The Morgan fingerprint density at radius 2 is 1.89 bits per heavy atom. The van der Waals surface area contributed by atoms with E-state index in [2.05, 4.69) is 30.0 Å². The van der Waals surface area contributed by atoms with Crippen molar-refractivity contribution in [1.82, 2.24) is 9.47 Å². The summed E-state index contributed by atoms with van der Waals surface area (Å²) >= 11 is 0. The first-order valence-electron chi connectivity index (χ1n) is 9.17. The third-order valence-corrected chi connectivity index (χ3v) is 4.94.